The fraction of sp³-hybridized carbons (Fsp3) is 0.179. The van der Waals surface area contributed by atoms with Crippen LogP contribution in [0.15, 0.2) is 82.6 Å². The lowest BCUT2D eigenvalue weighted by Crippen LogP contribution is -2.08. The Kier molecular flexibility index (Phi) is 7.46. The monoisotopic (exact) mass is 484 g/mol. The molecule has 4 N–H and O–H groups in total. The minimum atomic E-state index is -1.11. The molecule has 8 nitrogen and oxygen atoms in total. The van der Waals surface area contributed by atoms with Crippen LogP contribution in [0.25, 0.3) is 22.5 Å². The second kappa shape index (κ2) is 10.9. The van der Waals surface area contributed by atoms with Crippen LogP contribution in [0, 0.1) is 0 Å². The first-order valence-corrected chi connectivity index (χ1v) is 11.5. The molecule has 0 atom stereocenters. The van der Waals surface area contributed by atoms with E-state index in [1.54, 1.807) is 24.5 Å². The van der Waals surface area contributed by atoms with E-state index in [0.29, 0.717) is 30.0 Å². The summed E-state index contributed by atoms with van der Waals surface area (Å²) in [7, 11) is 4.05. The Bertz CT molecular complexity index is 1380. The maximum Gasteiger partial charge on any atom is 0.371 e. The van der Waals surface area contributed by atoms with Crippen LogP contribution < -0.4 is 10.6 Å². The normalized spacial score (nSPS) is 13.1. The first-order valence-electron chi connectivity index (χ1n) is 11.5. The molecular weight excluding hydrogens is 456 g/mol. The summed E-state index contributed by atoms with van der Waals surface area (Å²) < 4.78 is 5.59. The van der Waals surface area contributed by atoms with Gasteiger partial charge in [-0.2, -0.15) is 0 Å². The highest BCUT2D eigenvalue weighted by molar-refractivity contribution is 6.04. The summed E-state index contributed by atoms with van der Waals surface area (Å²) in [4.78, 5) is 17.4. The first-order chi connectivity index (χ1) is 17.4. The van der Waals surface area contributed by atoms with Crippen LogP contribution in [0.1, 0.15) is 33.7 Å². The number of hydrogen-bond donors (Lipinski definition) is 3. The van der Waals surface area contributed by atoms with Gasteiger partial charge in [0.05, 0.1) is 5.71 Å². The Hall–Kier alpha value is -4.43. The second-order valence-corrected chi connectivity index (χ2v) is 8.58. The summed E-state index contributed by atoms with van der Waals surface area (Å²) in [5, 5.41) is 21.7. The maximum absolute atomic E-state index is 11.3. The third kappa shape index (κ3) is 5.29. The Balaban J connectivity index is 0.000000233. The minimum absolute atomic E-state index is 0.111. The van der Waals surface area contributed by atoms with E-state index in [9.17, 15) is 9.90 Å². The molecule has 4 aromatic rings. The lowest BCUT2D eigenvalue weighted by molar-refractivity contribution is 0.0663. The number of aryl methyl sites for hydroxylation is 1. The van der Waals surface area contributed by atoms with Crippen molar-refractivity contribution in [2.45, 2.75) is 19.4 Å². The van der Waals surface area contributed by atoms with E-state index in [4.69, 9.17) is 15.4 Å². The van der Waals surface area contributed by atoms with Gasteiger partial charge in [0.15, 0.2) is 0 Å². The van der Waals surface area contributed by atoms with Crippen molar-refractivity contribution in [2.24, 2.45) is 10.9 Å². The van der Waals surface area contributed by atoms with Crippen molar-refractivity contribution in [1.29, 1.82) is 0 Å². The van der Waals surface area contributed by atoms with Gasteiger partial charge in [-0.25, -0.2) is 4.79 Å². The van der Waals surface area contributed by atoms with Gasteiger partial charge in [0.2, 0.25) is 5.76 Å². The number of rotatable bonds is 5. The average Bonchev–Trinajstić information content (AvgIpc) is 3.54. The standard InChI is InChI=1S/C19H14N2O4.C9H14N2/c22-19(23)17-10-15(18(25-17)11-5-7-20-8-6-11)13-1-3-14-12(9-13)2-4-16(14)21-24;1-11(2)9-5-3-8(7-10)4-6-9/h1,3,5-10,24H,2,4H2,(H,22,23);3-6H,7,10H2,1-2H3. The van der Waals surface area contributed by atoms with Crippen molar-refractivity contribution in [1.82, 2.24) is 4.98 Å². The van der Waals surface area contributed by atoms with Crippen LogP contribution in [0.2, 0.25) is 0 Å². The molecule has 1 aliphatic rings. The Labute approximate surface area is 209 Å². The molecule has 0 bridgehead atoms. The van der Waals surface area contributed by atoms with Crippen molar-refractivity contribution in [3.05, 3.63) is 95.5 Å². The molecule has 184 valence electrons. The molecule has 0 fully saturated rings. The highest BCUT2D eigenvalue weighted by Crippen LogP contribution is 2.37. The molecule has 1 aliphatic carbocycles. The fourth-order valence-electron chi connectivity index (χ4n) is 4.10. The number of fused-ring (bicyclic) bond motifs is 1. The summed E-state index contributed by atoms with van der Waals surface area (Å²) in [6.07, 6.45) is 4.75. The van der Waals surface area contributed by atoms with E-state index < -0.39 is 5.97 Å². The van der Waals surface area contributed by atoms with Gasteiger partial charge in [-0.3, -0.25) is 4.98 Å². The van der Waals surface area contributed by atoms with Gasteiger partial charge >= 0.3 is 5.97 Å². The number of carboxylic acid groups (broad SMARTS) is 1. The number of nitrogens with two attached hydrogens (primary N) is 1. The number of aromatic carboxylic acids is 1. The van der Waals surface area contributed by atoms with Crippen molar-refractivity contribution in [2.75, 3.05) is 19.0 Å². The lowest BCUT2D eigenvalue weighted by atomic mass is 9.98. The first kappa shape index (κ1) is 24.7. The minimum Gasteiger partial charge on any atom is -0.475 e. The number of nitrogens with zero attached hydrogens (tertiary/aromatic N) is 3. The molecule has 36 heavy (non-hydrogen) atoms. The zero-order valence-corrected chi connectivity index (χ0v) is 20.2. The average molecular weight is 485 g/mol. The van der Waals surface area contributed by atoms with Crippen LogP contribution in [0.3, 0.4) is 0 Å². The van der Waals surface area contributed by atoms with Gasteiger partial charge in [-0.1, -0.05) is 35.5 Å². The van der Waals surface area contributed by atoms with Gasteiger partial charge in [0, 0.05) is 55.4 Å². The predicted octanol–water partition coefficient (Wildman–Crippen LogP) is 5.04. The third-order valence-electron chi connectivity index (χ3n) is 6.05. The van der Waals surface area contributed by atoms with E-state index in [1.807, 2.05) is 32.3 Å². The quantitative estimate of drug-likeness (QED) is 0.268. The third-order valence-corrected chi connectivity index (χ3v) is 6.05. The summed E-state index contributed by atoms with van der Waals surface area (Å²) >= 11 is 0. The van der Waals surface area contributed by atoms with Gasteiger partial charge in [-0.05, 0) is 59.9 Å². The molecule has 0 radical (unpaired) electrons. The van der Waals surface area contributed by atoms with Gasteiger partial charge < -0.3 is 25.4 Å². The van der Waals surface area contributed by atoms with Gasteiger partial charge in [-0.15, -0.1) is 0 Å². The van der Waals surface area contributed by atoms with Crippen LogP contribution >= 0.6 is 0 Å². The van der Waals surface area contributed by atoms with Gasteiger partial charge in [0.25, 0.3) is 0 Å². The summed E-state index contributed by atoms with van der Waals surface area (Å²) in [6.45, 7) is 0.619. The zero-order valence-electron chi connectivity index (χ0n) is 20.2. The number of furan rings is 1. The molecule has 0 saturated carbocycles. The highest BCUT2D eigenvalue weighted by atomic mass is 16.4. The largest absolute Gasteiger partial charge is 0.475 e. The number of benzene rings is 2. The number of carboxylic acids is 1. The molecular formula is C28H28N4O4. The van der Waals surface area contributed by atoms with E-state index >= 15 is 0 Å². The van der Waals surface area contributed by atoms with Crippen molar-refractivity contribution in [3.63, 3.8) is 0 Å². The van der Waals surface area contributed by atoms with Crippen molar-refractivity contribution >= 4 is 17.4 Å². The smallest absolute Gasteiger partial charge is 0.371 e. The highest BCUT2D eigenvalue weighted by Gasteiger charge is 2.22. The SMILES string of the molecule is CN(C)c1ccc(CN)cc1.O=C(O)c1cc(-c2ccc3c(c2)CCC3=NO)c(-c2ccncc2)o1. The molecule has 0 amide bonds. The molecule has 8 heteroatoms. The predicted molar refractivity (Wildman–Crippen MR) is 140 cm³/mol. The molecule has 2 aromatic heterocycles. The van der Waals surface area contributed by atoms with Crippen LogP contribution in [0.5, 0.6) is 0 Å². The van der Waals surface area contributed by atoms with Crippen molar-refractivity contribution < 1.29 is 19.5 Å². The second-order valence-electron chi connectivity index (χ2n) is 8.58. The number of anilines is 1. The van der Waals surface area contributed by atoms with Crippen molar-refractivity contribution in [3.8, 4) is 22.5 Å². The molecule has 2 aromatic carbocycles. The molecule has 0 aliphatic heterocycles. The molecule has 0 saturated heterocycles. The number of carbonyl (C=O) groups is 1. The van der Waals surface area contributed by atoms with E-state index in [2.05, 4.69) is 39.3 Å². The lowest BCUT2D eigenvalue weighted by Gasteiger charge is -2.11. The molecule has 5 rings (SSSR count). The molecule has 2 heterocycles. The number of aromatic nitrogens is 1. The van der Waals surface area contributed by atoms with E-state index in [0.717, 1.165) is 28.7 Å². The fourth-order valence-corrected chi connectivity index (χ4v) is 4.10. The Morgan fingerprint density at radius 3 is 2.33 bits per heavy atom. The van der Waals surface area contributed by atoms with Crippen LogP contribution in [0.4, 0.5) is 5.69 Å². The number of pyridine rings is 1. The summed E-state index contributed by atoms with van der Waals surface area (Å²) in [6, 6.07) is 19.1. The number of oxime groups is 1. The molecule has 0 unspecified atom stereocenters. The summed E-state index contributed by atoms with van der Waals surface area (Å²) in [5.41, 5.74) is 12.9. The Morgan fingerprint density at radius 1 is 1.00 bits per heavy atom. The van der Waals surface area contributed by atoms with E-state index in [1.165, 1.54) is 17.3 Å². The summed E-state index contributed by atoms with van der Waals surface area (Å²) in [5.74, 6) is -0.730. The van der Waals surface area contributed by atoms with Crippen LogP contribution in [-0.2, 0) is 13.0 Å². The van der Waals surface area contributed by atoms with E-state index in [-0.39, 0.29) is 5.76 Å². The zero-order chi connectivity index (χ0) is 25.7. The number of hydrogen-bond acceptors (Lipinski definition) is 7. The Morgan fingerprint density at radius 2 is 1.72 bits per heavy atom. The molecule has 0 spiro atoms. The maximum atomic E-state index is 11.3. The van der Waals surface area contributed by atoms with Gasteiger partial charge in [0.1, 0.15) is 5.76 Å². The topological polar surface area (TPSA) is 125 Å². The van der Waals surface area contributed by atoms with Crippen LogP contribution in [-0.4, -0.2) is 41.1 Å².